The smallest absolute Gasteiger partial charge is 0.0600 e. The molecule has 3 nitrogen and oxygen atoms in total. The number of rotatable bonds is 3. The molecule has 2 atom stereocenters. The number of nitrogens with zero attached hydrogens (tertiary/aromatic N) is 2. The van der Waals surface area contributed by atoms with Gasteiger partial charge in [0.25, 0.3) is 0 Å². The van der Waals surface area contributed by atoms with Crippen LogP contribution >= 0.6 is 0 Å². The van der Waals surface area contributed by atoms with Crippen molar-refractivity contribution in [3.8, 4) is 0 Å². The fourth-order valence-corrected chi connectivity index (χ4v) is 2.80. The molecule has 3 heteroatoms. The molecule has 1 aliphatic rings. The van der Waals surface area contributed by atoms with Crippen molar-refractivity contribution in [3.05, 3.63) is 0 Å². The van der Waals surface area contributed by atoms with Crippen molar-refractivity contribution in [2.24, 2.45) is 0 Å². The first kappa shape index (κ1) is 16.9. The van der Waals surface area contributed by atoms with Crippen LogP contribution in [0.3, 0.4) is 0 Å². The Morgan fingerprint density at radius 1 is 0.947 bits per heavy atom. The van der Waals surface area contributed by atoms with Crippen LogP contribution in [0.15, 0.2) is 0 Å². The zero-order valence-corrected chi connectivity index (χ0v) is 14.3. The normalized spacial score (nSPS) is 27.8. The molecule has 0 bridgehead atoms. The Hall–Kier alpha value is -0.120. The van der Waals surface area contributed by atoms with Crippen LogP contribution in [-0.4, -0.2) is 59.3 Å². The van der Waals surface area contributed by atoms with Gasteiger partial charge in [-0.2, -0.15) is 0 Å². The molecule has 0 spiro atoms. The molecule has 0 aromatic rings. The zero-order valence-electron chi connectivity index (χ0n) is 14.3. The van der Waals surface area contributed by atoms with Gasteiger partial charge in [0, 0.05) is 37.3 Å². The van der Waals surface area contributed by atoms with Crippen LogP contribution in [0.1, 0.15) is 55.4 Å². The van der Waals surface area contributed by atoms with Gasteiger partial charge in [-0.05, 0) is 55.4 Å². The topological polar surface area (TPSA) is 15.7 Å². The molecule has 19 heavy (non-hydrogen) atoms. The summed E-state index contributed by atoms with van der Waals surface area (Å²) in [6.07, 6.45) is 0. The summed E-state index contributed by atoms with van der Waals surface area (Å²) >= 11 is 0. The van der Waals surface area contributed by atoms with Crippen LogP contribution in [0, 0.1) is 0 Å². The van der Waals surface area contributed by atoms with Gasteiger partial charge in [-0.3, -0.25) is 9.80 Å². The van der Waals surface area contributed by atoms with Crippen LogP contribution in [0.25, 0.3) is 0 Å². The van der Waals surface area contributed by atoms with E-state index in [4.69, 9.17) is 4.74 Å². The van der Waals surface area contributed by atoms with Gasteiger partial charge in [0.2, 0.25) is 0 Å². The fraction of sp³-hybridized carbons (Fsp3) is 1.00. The third-order valence-electron chi connectivity index (χ3n) is 3.93. The second-order valence-corrected chi connectivity index (χ2v) is 7.97. The maximum Gasteiger partial charge on any atom is 0.0600 e. The standard InChI is InChI=1S/C16H34N2O/c1-13-11-17(15(3,4)5)12-14(2)18(13)9-10-19-16(6,7)8/h13-14H,9-12H2,1-8H3. The molecular formula is C16H34N2O. The number of ether oxygens (including phenoxy) is 1. The maximum atomic E-state index is 5.87. The minimum atomic E-state index is -0.0281. The van der Waals surface area contributed by atoms with Crippen LogP contribution in [0.2, 0.25) is 0 Å². The first-order valence-corrected chi connectivity index (χ1v) is 7.65. The van der Waals surface area contributed by atoms with E-state index in [1.54, 1.807) is 0 Å². The van der Waals surface area contributed by atoms with Crippen molar-refractivity contribution in [2.45, 2.75) is 78.6 Å². The molecule has 114 valence electrons. The predicted molar refractivity (Wildman–Crippen MR) is 82.7 cm³/mol. The van der Waals surface area contributed by atoms with E-state index >= 15 is 0 Å². The second-order valence-electron chi connectivity index (χ2n) is 7.97. The van der Waals surface area contributed by atoms with Crippen LogP contribution in [0.4, 0.5) is 0 Å². The molecule has 0 aliphatic carbocycles. The van der Waals surface area contributed by atoms with Crippen LogP contribution in [-0.2, 0) is 4.74 Å². The highest BCUT2D eigenvalue weighted by Crippen LogP contribution is 2.22. The molecule has 0 saturated carbocycles. The van der Waals surface area contributed by atoms with E-state index in [2.05, 4.69) is 65.2 Å². The van der Waals surface area contributed by atoms with Gasteiger partial charge in [0.1, 0.15) is 0 Å². The summed E-state index contributed by atoms with van der Waals surface area (Å²) in [4.78, 5) is 5.19. The highest BCUT2D eigenvalue weighted by molar-refractivity contribution is 4.90. The van der Waals surface area contributed by atoms with E-state index in [0.717, 1.165) is 26.2 Å². The van der Waals surface area contributed by atoms with Crippen molar-refractivity contribution in [1.82, 2.24) is 9.80 Å². The van der Waals surface area contributed by atoms with Gasteiger partial charge >= 0.3 is 0 Å². The Bertz CT molecular complexity index is 265. The zero-order chi connectivity index (χ0) is 14.8. The average molecular weight is 270 g/mol. The van der Waals surface area contributed by atoms with Crippen molar-refractivity contribution < 1.29 is 4.74 Å². The summed E-state index contributed by atoms with van der Waals surface area (Å²) in [5.41, 5.74) is 0.246. The Morgan fingerprint density at radius 3 is 1.79 bits per heavy atom. The summed E-state index contributed by atoms with van der Waals surface area (Å²) in [5, 5.41) is 0. The monoisotopic (exact) mass is 270 g/mol. The number of hydrogen-bond donors (Lipinski definition) is 0. The third kappa shape index (κ3) is 5.41. The van der Waals surface area contributed by atoms with Crippen LogP contribution < -0.4 is 0 Å². The predicted octanol–water partition coefficient (Wildman–Crippen LogP) is 2.99. The largest absolute Gasteiger partial charge is 0.375 e. The molecule has 1 heterocycles. The molecule has 2 unspecified atom stereocenters. The molecule has 0 N–H and O–H groups in total. The highest BCUT2D eigenvalue weighted by atomic mass is 16.5. The van der Waals surface area contributed by atoms with Gasteiger partial charge < -0.3 is 4.74 Å². The maximum absolute atomic E-state index is 5.87. The van der Waals surface area contributed by atoms with Crippen LogP contribution in [0.5, 0.6) is 0 Å². The van der Waals surface area contributed by atoms with Gasteiger partial charge in [-0.15, -0.1) is 0 Å². The highest BCUT2D eigenvalue weighted by Gasteiger charge is 2.34. The van der Waals surface area contributed by atoms with Crippen molar-refractivity contribution in [2.75, 3.05) is 26.2 Å². The van der Waals surface area contributed by atoms with E-state index in [-0.39, 0.29) is 11.1 Å². The van der Waals surface area contributed by atoms with Gasteiger partial charge in [-0.25, -0.2) is 0 Å². The lowest BCUT2D eigenvalue weighted by Gasteiger charge is -2.49. The lowest BCUT2D eigenvalue weighted by atomic mass is 9.99. The summed E-state index contributed by atoms with van der Waals surface area (Å²) in [6.45, 7) is 22.2. The Labute approximate surface area is 120 Å². The molecule has 1 saturated heterocycles. The van der Waals surface area contributed by atoms with Gasteiger partial charge in [0.15, 0.2) is 0 Å². The summed E-state index contributed by atoms with van der Waals surface area (Å²) in [5.74, 6) is 0. The Kier molecular flexibility index (Phi) is 5.44. The Morgan fingerprint density at radius 2 is 1.42 bits per heavy atom. The van der Waals surface area contributed by atoms with E-state index in [9.17, 15) is 0 Å². The van der Waals surface area contributed by atoms with E-state index in [1.165, 1.54) is 0 Å². The summed E-state index contributed by atoms with van der Waals surface area (Å²) in [6, 6.07) is 1.21. The fourth-order valence-electron chi connectivity index (χ4n) is 2.80. The van der Waals surface area contributed by atoms with Gasteiger partial charge in [-0.1, -0.05) is 0 Å². The van der Waals surface area contributed by atoms with Gasteiger partial charge in [0.05, 0.1) is 12.2 Å². The van der Waals surface area contributed by atoms with E-state index in [0.29, 0.717) is 12.1 Å². The molecular weight excluding hydrogens is 236 g/mol. The van der Waals surface area contributed by atoms with E-state index < -0.39 is 0 Å². The first-order valence-electron chi connectivity index (χ1n) is 7.65. The average Bonchev–Trinajstić information content (AvgIpc) is 2.18. The summed E-state index contributed by atoms with van der Waals surface area (Å²) < 4.78 is 5.87. The minimum Gasteiger partial charge on any atom is -0.375 e. The molecule has 0 aromatic carbocycles. The molecule has 0 amide bonds. The molecule has 1 rings (SSSR count). The third-order valence-corrected chi connectivity index (χ3v) is 3.93. The van der Waals surface area contributed by atoms with Crippen molar-refractivity contribution in [1.29, 1.82) is 0 Å². The lowest BCUT2D eigenvalue weighted by Crippen LogP contribution is -2.61. The molecule has 1 fully saturated rings. The Balaban J connectivity index is 2.49. The quantitative estimate of drug-likeness (QED) is 0.784. The lowest BCUT2D eigenvalue weighted by molar-refractivity contribution is -0.0484. The van der Waals surface area contributed by atoms with E-state index in [1.807, 2.05) is 0 Å². The number of piperazine rings is 1. The number of hydrogen-bond acceptors (Lipinski definition) is 3. The first-order chi connectivity index (χ1) is 8.50. The molecule has 0 radical (unpaired) electrons. The van der Waals surface area contributed by atoms with Crippen molar-refractivity contribution in [3.63, 3.8) is 0 Å². The minimum absolute atomic E-state index is 0.0281. The second kappa shape index (κ2) is 6.11. The SMILES string of the molecule is CC1CN(C(C)(C)C)CC(C)N1CCOC(C)(C)C. The molecule has 1 aliphatic heterocycles. The van der Waals surface area contributed by atoms with Crippen molar-refractivity contribution >= 4 is 0 Å². The molecule has 0 aromatic heterocycles. The summed E-state index contributed by atoms with van der Waals surface area (Å²) in [7, 11) is 0.